The van der Waals surface area contributed by atoms with Crippen LogP contribution in [0, 0.1) is 5.92 Å². The van der Waals surface area contributed by atoms with E-state index in [0.29, 0.717) is 31.7 Å². The zero-order valence-electron chi connectivity index (χ0n) is 21.3. The van der Waals surface area contributed by atoms with E-state index in [1.165, 1.54) is 11.3 Å². The molecule has 1 aromatic carbocycles. The van der Waals surface area contributed by atoms with Gasteiger partial charge < -0.3 is 20.2 Å². The summed E-state index contributed by atoms with van der Waals surface area (Å²) in [4.78, 5) is 7.00. The number of β-amino-alcohol motifs (C(OH)–C–C–N with tert-alkyl or cyclic N) is 1. The minimum atomic E-state index is -0.710. The lowest BCUT2D eigenvalue weighted by molar-refractivity contribution is -0.0317. The van der Waals surface area contributed by atoms with Crippen molar-refractivity contribution in [2.24, 2.45) is 16.0 Å². The Balaban J connectivity index is 1.31. The maximum Gasteiger partial charge on any atom is 0.150 e. The van der Waals surface area contributed by atoms with Gasteiger partial charge in [-0.3, -0.25) is 4.99 Å². The molecule has 4 rings (SSSR count). The van der Waals surface area contributed by atoms with Crippen molar-refractivity contribution in [1.29, 1.82) is 0 Å². The molecule has 7 heteroatoms. The fourth-order valence-corrected chi connectivity index (χ4v) is 5.36. The van der Waals surface area contributed by atoms with Crippen molar-refractivity contribution in [3.8, 4) is 0 Å². The number of piperidine rings is 1. The van der Waals surface area contributed by atoms with Crippen LogP contribution in [0.5, 0.6) is 0 Å². The van der Waals surface area contributed by atoms with Gasteiger partial charge >= 0.3 is 0 Å². The quantitative estimate of drug-likeness (QED) is 0.505. The number of hydrogen-bond donors (Lipinski definition) is 3. The second-order valence-corrected chi connectivity index (χ2v) is 10.3. The Morgan fingerprint density at radius 1 is 1.17 bits per heavy atom. The Hall–Kier alpha value is -2.32. The molecule has 0 bridgehead atoms. The number of hydrogen-bond acceptors (Lipinski definition) is 7. The van der Waals surface area contributed by atoms with Crippen LogP contribution in [-0.2, 0) is 6.42 Å². The van der Waals surface area contributed by atoms with Crippen molar-refractivity contribution in [3.05, 3.63) is 53.2 Å². The molecule has 3 aliphatic rings. The smallest absolute Gasteiger partial charge is 0.150 e. The van der Waals surface area contributed by atoms with Gasteiger partial charge in [-0.25, -0.2) is 5.01 Å². The Kier molecular flexibility index (Phi) is 8.22. The number of allylic oxidation sites excluding steroid dienone is 2. The summed E-state index contributed by atoms with van der Waals surface area (Å²) < 4.78 is 0. The molecule has 1 saturated heterocycles. The zero-order chi connectivity index (χ0) is 25.0. The first-order chi connectivity index (χ1) is 16.8. The van der Waals surface area contributed by atoms with Crippen LogP contribution in [0.25, 0.3) is 6.08 Å². The van der Waals surface area contributed by atoms with Crippen LogP contribution in [0.2, 0.25) is 0 Å². The predicted molar refractivity (Wildman–Crippen MR) is 141 cm³/mol. The highest BCUT2D eigenvalue weighted by molar-refractivity contribution is 5.96. The van der Waals surface area contributed by atoms with Crippen LogP contribution in [0.15, 0.2) is 52.2 Å². The van der Waals surface area contributed by atoms with E-state index >= 15 is 0 Å². The number of likely N-dealkylation sites (tertiary alicyclic amines) is 1. The third kappa shape index (κ3) is 6.28. The van der Waals surface area contributed by atoms with Crippen molar-refractivity contribution in [2.75, 3.05) is 26.2 Å². The number of aliphatic hydroxyl groups excluding tert-OH is 2. The third-order valence-corrected chi connectivity index (χ3v) is 7.46. The van der Waals surface area contributed by atoms with Crippen LogP contribution in [0.1, 0.15) is 57.6 Å². The predicted octanol–water partition coefficient (Wildman–Crippen LogP) is 3.21. The fraction of sp³-hybridized carbons (Fsp3) is 0.571. The molecule has 1 aromatic rings. The minimum Gasteiger partial charge on any atom is -0.394 e. The molecule has 2 unspecified atom stereocenters. The van der Waals surface area contributed by atoms with E-state index in [0.717, 1.165) is 42.9 Å². The molecule has 35 heavy (non-hydrogen) atoms. The second kappa shape index (κ2) is 11.2. The summed E-state index contributed by atoms with van der Waals surface area (Å²) in [5, 5.41) is 36.5. The molecule has 0 aliphatic carbocycles. The largest absolute Gasteiger partial charge is 0.394 e. The highest BCUT2D eigenvalue weighted by Gasteiger charge is 2.38. The summed E-state index contributed by atoms with van der Waals surface area (Å²) in [7, 11) is 0. The Bertz CT molecular complexity index is 990. The Morgan fingerprint density at radius 2 is 1.89 bits per heavy atom. The van der Waals surface area contributed by atoms with Crippen molar-refractivity contribution in [2.45, 2.75) is 70.7 Å². The topological polar surface area (TPSA) is 91.9 Å². The van der Waals surface area contributed by atoms with E-state index in [9.17, 15) is 10.2 Å². The summed E-state index contributed by atoms with van der Waals surface area (Å²) >= 11 is 0. The highest BCUT2D eigenvalue weighted by Crippen LogP contribution is 2.33. The van der Waals surface area contributed by atoms with E-state index in [1.54, 1.807) is 0 Å². The molecule has 3 heterocycles. The summed E-state index contributed by atoms with van der Waals surface area (Å²) in [6.07, 6.45) is 9.42. The summed E-state index contributed by atoms with van der Waals surface area (Å²) in [6, 6.07) is 8.67. The number of hydrazone groups is 1. The van der Waals surface area contributed by atoms with Gasteiger partial charge in [0.2, 0.25) is 0 Å². The third-order valence-electron chi connectivity index (χ3n) is 7.46. The fourth-order valence-electron chi connectivity index (χ4n) is 5.36. The lowest BCUT2D eigenvalue weighted by atomic mass is 9.87. The van der Waals surface area contributed by atoms with Gasteiger partial charge in [-0.15, -0.1) is 0 Å². The number of benzene rings is 1. The van der Waals surface area contributed by atoms with E-state index in [1.807, 2.05) is 0 Å². The molecule has 0 aromatic heterocycles. The number of aliphatic imine (C=N–C) groups is 1. The number of rotatable bonds is 9. The van der Waals surface area contributed by atoms with Crippen LogP contribution in [0.4, 0.5) is 0 Å². The summed E-state index contributed by atoms with van der Waals surface area (Å²) in [6.45, 7) is 8.04. The van der Waals surface area contributed by atoms with Gasteiger partial charge in [0, 0.05) is 42.7 Å². The van der Waals surface area contributed by atoms with Crippen LogP contribution in [-0.4, -0.2) is 80.8 Å². The van der Waals surface area contributed by atoms with E-state index in [2.05, 4.69) is 73.2 Å². The molecule has 3 aliphatic heterocycles. The second-order valence-electron chi connectivity index (χ2n) is 10.3. The van der Waals surface area contributed by atoms with E-state index in [4.69, 9.17) is 15.2 Å². The average molecular weight is 481 g/mol. The first-order valence-electron chi connectivity index (χ1n) is 12.9. The summed E-state index contributed by atoms with van der Waals surface area (Å²) in [5.74, 6) is 0.290. The van der Waals surface area contributed by atoms with Gasteiger partial charge in [0.25, 0.3) is 0 Å². The molecule has 1 fully saturated rings. The molecule has 0 saturated carbocycles. The van der Waals surface area contributed by atoms with E-state index in [-0.39, 0.29) is 12.8 Å². The molecule has 0 spiro atoms. The number of fused-ring (bicyclic) bond motifs is 1. The van der Waals surface area contributed by atoms with Crippen LogP contribution < -0.4 is 0 Å². The molecular formula is C28H40N4O3. The monoisotopic (exact) mass is 480 g/mol. The lowest BCUT2D eigenvalue weighted by Crippen LogP contribution is -2.46. The van der Waals surface area contributed by atoms with Gasteiger partial charge in [-0.1, -0.05) is 43.3 Å². The van der Waals surface area contributed by atoms with Crippen LogP contribution in [0.3, 0.4) is 0 Å². The van der Waals surface area contributed by atoms with Gasteiger partial charge in [-0.2, -0.15) is 5.10 Å². The van der Waals surface area contributed by atoms with Gasteiger partial charge in [0.1, 0.15) is 6.17 Å². The average Bonchev–Trinajstić information content (AvgIpc) is 3.19. The minimum absolute atomic E-state index is 0.0635. The van der Waals surface area contributed by atoms with Gasteiger partial charge in [-0.05, 0) is 63.2 Å². The highest BCUT2D eigenvalue weighted by atomic mass is 16.3. The van der Waals surface area contributed by atoms with E-state index < -0.39 is 11.7 Å². The van der Waals surface area contributed by atoms with Crippen molar-refractivity contribution in [3.63, 3.8) is 0 Å². The van der Waals surface area contributed by atoms with Crippen molar-refractivity contribution >= 4 is 17.5 Å². The normalized spacial score (nSPS) is 25.3. The van der Waals surface area contributed by atoms with Gasteiger partial charge in [0.15, 0.2) is 0 Å². The Labute approximate surface area is 209 Å². The zero-order valence-corrected chi connectivity index (χ0v) is 21.3. The molecule has 3 atom stereocenters. The van der Waals surface area contributed by atoms with Gasteiger partial charge in [0.05, 0.1) is 18.3 Å². The molecule has 0 radical (unpaired) electrons. The molecule has 190 valence electrons. The first-order valence-corrected chi connectivity index (χ1v) is 12.9. The maximum absolute atomic E-state index is 10.9. The SMILES string of the molecule is CCC1=NN2C(C)=CC(C)=NC2C1Cc1ccc(/C=C/CC2(O)CCN(C[C@@H](O)CO)CC2)cc1. The maximum atomic E-state index is 10.9. The van der Waals surface area contributed by atoms with Crippen molar-refractivity contribution < 1.29 is 15.3 Å². The number of nitrogens with zero attached hydrogens (tertiary/aromatic N) is 4. The van der Waals surface area contributed by atoms with Crippen molar-refractivity contribution in [1.82, 2.24) is 9.91 Å². The standard InChI is InChI=1S/C28H40N4O3/c1-4-26-25(27-29-20(2)16-21(3)32(27)30-26)17-23-9-7-22(8-10-23)6-5-11-28(35)12-14-31(15-13-28)18-24(34)19-33/h5-10,16,24-25,27,33-35H,4,11-15,17-19H2,1-3H3/b6-5+/t24-,25?,27?/m1/s1. The lowest BCUT2D eigenvalue weighted by Gasteiger charge is -2.38. The molecular weight excluding hydrogens is 440 g/mol. The Morgan fingerprint density at radius 3 is 2.54 bits per heavy atom. The summed E-state index contributed by atoms with van der Waals surface area (Å²) in [5.41, 5.74) is 5.15. The molecule has 0 amide bonds. The van der Waals surface area contributed by atoms with Crippen LogP contribution >= 0.6 is 0 Å². The molecule has 3 N–H and O–H groups in total. The molecule has 7 nitrogen and oxygen atoms in total. The first kappa shape index (κ1) is 25.8. The number of aliphatic hydroxyl groups is 3.